The van der Waals surface area contributed by atoms with Crippen LogP contribution >= 0.6 is 0 Å². The highest BCUT2D eigenvalue weighted by molar-refractivity contribution is 6.17. The molecule has 12 rings (SSSR count). The van der Waals surface area contributed by atoms with Crippen molar-refractivity contribution in [3.63, 3.8) is 0 Å². The van der Waals surface area contributed by atoms with E-state index in [0.29, 0.717) is 0 Å². The lowest BCUT2D eigenvalue weighted by molar-refractivity contribution is 0.476. The molecule has 0 radical (unpaired) electrons. The van der Waals surface area contributed by atoms with E-state index in [4.69, 9.17) is 14.4 Å². The summed E-state index contributed by atoms with van der Waals surface area (Å²) in [6, 6.07) is 62.4. The number of fused-ring (bicyclic) bond motifs is 7. The summed E-state index contributed by atoms with van der Waals surface area (Å²) < 4.78 is 9.17. The molecule has 67 heavy (non-hydrogen) atoms. The van der Waals surface area contributed by atoms with Crippen LogP contribution in [0.25, 0.3) is 106 Å². The van der Waals surface area contributed by atoms with E-state index in [9.17, 15) is 5.11 Å². The second-order valence-electron chi connectivity index (χ2n) is 19.1. The van der Waals surface area contributed by atoms with Gasteiger partial charge < -0.3 is 9.52 Å². The molecule has 0 saturated carbocycles. The Morgan fingerprint density at radius 3 is 2.04 bits per heavy atom. The standard InChI is InChI=1S/C62H49N3O2/c1-37-16-11-17-38(2)60(37)65-51-27-15-26-47(59(51)64-61(65)50-33-32-41-31-30-40-20-13-28-52(66)55(40)58(41)63-50)43-35-49(57-48-23-9-10-29-53(48)67-54(57)36-43)56-45(39-18-7-6-8-19-39)24-14-25-46(56)42-21-12-22-44(34-42)62(3,4)5/h6-29,32-36,66H,30-31H2,1-5H3. The molecule has 3 heterocycles. The van der Waals surface area contributed by atoms with Crippen LogP contribution in [0.1, 0.15) is 48.6 Å². The lowest BCUT2D eigenvalue weighted by Gasteiger charge is -2.22. The van der Waals surface area contributed by atoms with E-state index < -0.39 is 0 Å². The number of imidazole rings is 1. The third-order valence-corrected chi connectivity index (χ3v) is 13.8. The minimum absolute atomic E-state index is 0.0280. The van der Waals surface area contributed by atoms with Crippen molar-refractivity contribution >= 4 is 33.0 Å². The lowest BCUT2D eigenvalue weighted by Crippen LogP contribution is -2.10. The molecule has 0 atom stereocenters. The van der Waals surface area contributed by atoms with Crippen LogP contribution in [-0.2, 0) is 18.3 Å². The van der Waals surface area contributed by atoms with Gasteiger partial charge in [0.1, 0.15) is 22.6 Å². The van der Waals surface area contributed by atoms with Gasteiger partial charge in [-0.1, -0.05) is 160 Å². The van der Waals surface area contributed by atoms with Crippen molar-refractivity contribution in [3.05, 3.63) is 204 Å². The molecule has 1 aliphatic carbocycles. The third kappa shape index (κ3) is 6.68. The van der Waals surface area contributed by atoms with E-state index in [0.717, 1.165) is 135 Å². The van der Waals surface area contributed by atoms with E-state index in [-0.39, 0.29) is 11.2 Å². The predicted molar refractivity (Wildman–Crippen MR) is 276 cm³/mol. The van der Waals surface area contributed by atoms with E-state index in [1.165, 1.54) is 11.1 Å². The van der Waals surface area contributed by atoms with Crippen LogP contribution in [0.5, 0.6) is 5.75 Å². The number of aromatic nitrogens is 3. The van der Waals surface area contributed by atoms with Crippen molar-refractivity contribution < 1.29 is 9.52 Å². The number of nitrogens with zero attached hydrogens (tertiary/aromatic N) is 3. The fraction of sp³-hybridized carbons (Fsp3) is 0.129. The van der Waals surface area contributed by atoms with Crippen molar-refractivity contribution in [2.75, 3.05) is 0 Å². The maximum atomic E-state index is 11.2. The summed E-state index contributed by atoms with van der Waals surface area (Å²) in [6.45, 7) is 11.2. The molecule has 1 aliphatic rings. The van der Waals surface area contributed by atoms with Crippen LogP contribution in [-0.4, -0.2) is 19.6 Å². The van der Waals surface area contributed by atoms with Gasteiger partial charge in [0.15, 0.2) is 5.82 Å². The Labute approximate surface area is 390 Å². The van der Waals surface area contributed by atoms with Gasteiger partial charge in [-0.25, -0.2) is 9.97 Å². The van der Waals surface area contributed by atoms with Crippen LogP contribution < -0.4 is 0 Å². The first-order valence-electron chi connectivity index (χ1n) is 23.3. The number of hydrogen-bond donors (Lipinski definition) is 1. The number of phenols is 1. The Bertz CT molecular complexity index is 3750. The first kappa shape index (κ1) is 40.5. The van der Waals surface area contributed by atoms with Gasteiger partial charge in [-0.15, -0.1) is 0 Å². The molecule has 1 N–H and O–H groups in total. The zero-order valence-corrected chi connectivity index (χ0v) is 38.4. The van der Waals surface area contributed by atoms with Crippen molar-refractivity contribution in [2.45, 2.75) is 52.9 Å². The topological polar surface area (TPSA) is 64.1 Å². The molecule has 11 aromatic rings. The van der Waals surface area contributed by atoms with Crippen molar-refractivity contribution in [1.82, 2.24) is 14.5 Å². The number of pyridine rings is 1. The van der Waals surface area contributed by atoms with Crippen molar-refractivity contribution in [3.8, 4) is 78.7 Å². The van der Waals surface area contributed by atoms with E-state index >= 15 is 0 Å². The number of para-hydroxylation sites is 3. The molecule has 0 amide bonds. The number of aromatic hydroxyl groups is 1. The van der Waals surface area contributed by atoms with Gasteiger partial charge >= 0.3 is 0 Å². The first-order chi connectivity index (χ1) is 32.6. The fourth-order valence-electron chi connectivity index (χ4n) is 10.6. The molecule has 0 spiro atoms. The quantitative estimate of drug-likeness (QED) is 0.181. The highest BCUT2D eigenvalue weighted by Crippen LogP contribution is 2.49. The molecule has 3 aromatic heterocycles. The molecule has 0 aliphatic heterocycles. The number of aryl methyl sites for hydroxylation is 4. The predicted octanol–water partition coefficient (Wildman–Crippen LogP) is 16.0. The summed E-state index contributed by atoms with van der Waals surface area (Å²) in [7, 11) is 0. The maximum Gasteiger partial charge on any atom is 0.164 e. The number of furan rings is 1. The molecular weight excluding hydrogens is 819 g/mol. The van der Waals surface area contributed by atoms with Crippen LogP contribution in [0.3, 0.4) is 0 Å². The average Bonchev–Trinajstić information content (AvgIpc) is 3.92. The Morgan fingerprint density at radius 2 is 1.22 bits per heavy atom. The Kier molecular flexibility index (Phi) is 9.40. The van der Waals surface area contributed by atoms with Gasteiger partial charge in [0.25, 0.3) is 0 Å². The number of benzene rings is 8. The summed E-state index contributed by atoms with van der Waals surface area (Å²) in [5, 5.41) is 13.4. The highest BCUT2D eigenvalue weighted by Gasteiger charge is 2.27. The number of rotatable bonds is 6. The molecular formula is C62H49N3O2. The van der Waals surface area contributed by atoms with Crippen molar-refractivity contribution in [1.29, 1.82) is 0 Å². The first-order valence-corrected chi connectivity index (χ1v) is 23.3. The molecule has 0 bridgehead atoms. The molecule has 8 aromatic carbocycles. The minimum atomic E-state index is -0.0280. The highest BCUT2D eigenvalue weighted by atomic mass is 16.3. The largest absolute Gasteiger partial charge is 0.507 e. The van der Waals surface area contributed by atoms with Crippen LogP contribution in [0, 0.1) is 13.8 Å². The molecule has 5 heteroatoms. The van der Waals surface area contributed by atoms with Crippen LogP contribution in [0.2, 0.25) is 0 Å². The Balaban J connectivity index is 1.16. The maximum absolute atomic E-state index is 11.2. The Hall–Kier alpha value is -8.02. The number of phenolic OH excluding ortho intramolecular Hbond substituents is 1. The monoisotopic (exact) mass is 867 g/mol. The molecule has 324 valence electrons. The fourth-order valence-corrected chi connectivity index (χ4v) is 10.6. The SMILES string of the molecule is Cc1cccc(C)c1-n1c(-c2ccc3c(n2)-c2c(O)cccc2CC3)nc2c(-c3cc(-c4c(-c5ccccc5)cccc4-c4cccc(C(C)(C)C)c4)c4c(c3)oc3ccccc34)cccc21. The van der Waals surface area contributed by atoms with Gasteiger partial charge in [-0.05, 0) is 135 Å². The third-order valence-electron chi connectivity index (χ3n) is 13.8. The molecule has 0 saturated heterocycles. The summed E-state index contributed by atoms with van der Waals surface area (Å²) in [5.41, 5.74) is 21.5. The van der Waals surface area contributed by atoms with Gasteiger partial charge in [0, 0.05) is 21.9 Å². The molecule has 0 fully saturated rings. The Morgan fingerprint density at radius 1 is 0.537 bits per heavy atom. The smallest absolute Gasteiger partial charge is 0.164 e. The zero-order valence-electron chi connectivity index (χ0n) is 38.4. The summed E-state index contributed by atoms with van der Waals surface area (Å²) in [6.07, 6.45) is 1.72. The minimum Gasteiger partial charge on any atom is -0.507 e. The molecule has 5 nitrogen and oxygen atoms in total. The molecule has 0 unspecified atom stereocenters. The number of hydrogen-bond acceptors (Lipinski definition) is 4. The van der Waals surface area contributed by atoms with Crippen molar-refractivity contribution in [2.24, 2.45) is 0 Å². The summed E-state index contributed by atoms with van der Waals surface area (Å²) in [5.74, 6) is 0.995. The van der Waals surface area contributed by atoms with Gasteiger partial charge in [0.05, 0.1) is 22.4 Å². The van der Waals surface area contributed by atoms with Gasteiger partial charge in [0.2, 0.25) is 0 Å². The van der Waals surface area contributed by atoms with Gasteiger partial charge in [-0.2, -0.15) is 0 Å². The van der Waals surface area contributed by atoms with Crippen LogP contribution in [0.15, 0.2) is 180 Å². The second kappa shape index (κ2) is 15.6. The van der Waals surface area contributed by atoms with Crippen LogP contribution in [0.4, 0.5) is 0 Å². The van der Waals surface area contributed by atoms with E-state index in [2.05, 4.69) is 197 Å². The van der Waals surface area contributed by atoms with E-state index in [1.54, 1.807) is 6.07 Å². The lowest BCUT2D eigenvalue weighted by atomic mass is 9.82. The zero-order chi connectivity index (χ0) is 45.6. The summed E-state index contributed by atoms with van der Waals surface area (Å²) >= 11 is 0. The average molecular weight is 868 g/mol. The second-order valence-corrected chi connectivity index (χ2v) is 19.1. The summed E-state index contributed by atoms with van der Waals surface area (Å²) in [4.78, 5) is 11.0. The van der Waals surface area contributed by atoms with Gasteiger partial charge in [-0.3, -0.25) is 4.57 Å². The normalized spacial score (nSPS) is 12.5. The van der Waals surface area contributed by atoms with E-state index in [1.807, 2.05) is 12.1 Å².